The second-order valence-electron chi connectivity index (χ2n) is 4.68. The van der Waals surface area contributed by atoms with Gasteiger partial charge in [-0.2, -0.15) is 11.8 Å². The van der Waals surface area contributed by atoms with Crippen molar-refractivity contribution >= 4 is 35.8 Å². The molecule has 0 spiro atoms. The number of para-hydroxylation sites is 2. The minimum Gasteiger partial charge on any atom is -0.485 e. The van der Waals surface area contributed by atoms with Gasteiger partial charge in [0.1, 0.15) is 12.4 Å². The Balaban J connectivity index is 0.00000242. The monoisotopic (exact) mass is 352 g/mol. The van der Waals surface area contributed by atoms with E-state index in [0.29, 0.717) is 12.1 Å². The summed E-state index contributed by atoms with van der Waals surface area (Å²) in [5.41, 5.74) is 0.423. The molecular weight excluding hydrogens is 334 g/mol. The van der Waals surface area contributed by atoms with E-state index in [1.807, 2.05) is 11.8 Å². The maximum Gasteiger partial charge on any atom is 0.272 e. The topological polar surface area (TPSA) is 50.4 Å². The summed E-state index contributed by atoms with van der Waals surface area (Å²) in [4.78, 5) is 12.0. The van der Waals surface area contributed by atoms with Crippen LogP contribution in [-0.2, 0) is 4.79 Å². The van der Waals surface area contributed by atoms with Crippen LogP contribution in [0.25, 0.3) is 0 Å². The number of ether oxygens (including phenoxy) is 1. The van der Waals surface area contributed by atoms with E-state index in [4.69, 9.17) is 4.74 Å². The highest BCUT2D eigenvalue weighted by Crippen LogP contribution is 2.24. The van der Waals surface area contributed by atoms with Gasteiger partial charge in [-0.15, -0.1) is 12.4 Å². The van der Waals surface area contributed by atoms with Crippen molar-refractivity contribution in [3.05, 3.63) is 24.3 Å². The highest BCUT2D eigenvalue weighted by atomic mass is 35.5. The Bertz CT molecular complexity index is 474. The number of hydrogen-bond acceptors (Lipinski definition) is 4. The maximum atomic E-state index is 12.2. The molecule has 1 atom stereocenters. The van der Waals surface area contributed by atoms with Gasteiger partial charge in [-0.3, -0.25) is 4.79 Å². The van der Waals surface area contributed by atoms with Gasteiger partial charge in [-0.1, -0.05) is 12.1 Å². The van der Waals surface area contributed by atoms with Crippen LogP contribution in [0.4, 0.5) is 14.5 Å². The van der Waals surface area contributed by atoms with Crippen LogP contribution in [0.3, 0.4) is 0 Å². The molecule has 1 saturated heterocycles. The third-order valence-corrected chi connectivity index (χ3v) is 4.09. The molecule has 2 N–H and O–H groups in total. The number of carbonyl (C=O) groups is 1. The summed E-state index contributed by atoms with van der Waals surface area (Å²) in [6, 6.07) is 6.75. The Morgan fingerprint density at radius 2 is 2.23 bits per heavy atom. The van der Waals surface area contributed by atoms with E-state index in [9.17, 15) is 13.6 Å². The molecule has 1 fully saturated rings. The Hall–Kier alpha value is -1.05. The Labute approximate surface area is 138 Å². The van der Waals surface area contributed by atoms with Crippen molar-refractivity contribution in [1.29, 1.82) is 0 Å². The van der Waals surface area contributed by atoms with E-state index < -0.39 is 13.0 Å². The fraction of sp³-hybridized carbons (Fsp3) is 0.500. The molecule has 1 aromatic carbocycles. The number of hydrogen-bond donors (Lipinski definition) is 2. The van der Waals surface area contributed by atoms with Gasteiger partial charge in [-0.05, 0) is 12.1 Å². The third kappa shape index (κ3) is 6.37. The first-order valence-electron chi connectivity index (χ1n) is 6.76. The molecule has 1 heterocycles. The number of halogens is 3. The first-order valence-corrected chi connectivity index (χ1v) is 7.91. The number of nitrogens with one attached hydrogen (secondary N) is 2. The van der Waals surface area contributed by atoms with Gasteiger partial charge in [0.25, 0.3) is 6.43 Å². The number of benzene rings is 1. The number of thioether (sulfide) groups is 1. The van der Waals surface area contributed by atoms with Crippen molar-refractivity contribution in [2.45, 2.75) is 18.9 Å². The molecule has 4 nitrogen and oxygen atoms in total. The van der Waals surface area contributed by atoms with Crippen molar-refractivity contribution in [3.63, 3.8) is 0 Å². The average molecular weight is 353 g/mol. The van der Waals surface area contributed by atoms with Crippen LogP contribution >= 0.6 is 24.2 Å². The molecule has 0 radical (unpaired) electrons. The van der Waals surface area contributed by atoms with Crippen molar-refractivity contribution in [2.24, 2.45) is 0 Å². The lowest BCUT2D eigenvalue weighted by atomic mass is 10.2. The number of alkyl halides is 2. The first kappa shape index (κ1) is 19.0. The molecule has 1 amide bonds. The van der Waals surface area contributed by atoms with E-state index in [1.54, 1.807) is 24.3 Å². The Morgan fingerprint density at radius 1 is 1.45 bits per heavy atom. The summed E-state index contributed by atoms with van der Waals surface area (Å²) in [6.07, 6.45) is -2.19. The number of rotatable bonds is 6. The van der Waals surface area contributed by atoms with E-state index in [0.717, 1.165) is 18.1 Å². The minimum absolute atomic E-state index is 0. The molecule has 0 aliphatic carbocycles. The van der Waals surface area contributed by atoms with Crippen LogP contribution < -0.4 is 15.4 Å². The predicted molar refractivity (Wildman–Crippen MR) is 87.6 cm³/mol. The zero-order valence-corrected chi connectivity index (χ0v) is 13.5. The molecule has 1 unspecified atom stereocenters. The lowest BCUT2D eigenvalue weighted by molar-refractivity contribution is -0.116. The first-order chi connectivity index (χ1) is 10.1. The summed E-state index contributed by atoms with van der Waals surface area (Å²) in [5.74, 6) is 2.07. The summed E-state index contributed by atoms with van der Waals surface area (Å²) < 4.78 is 29.4. The minimum atomic E-state index is -2.54. The normalized spacial score (nSPS) is 17.7. The van der Waals surface area contributed by atoms with Crippen LogP contribution in [0.2, 0.25) is 0 Å². The predicted octanol–water partition coefficient (Wildman–Crippen LogP) is 2.79. The van der Waals surface area contributed by atoms with Crippen LogP contribution in [-0.4, -0.2) is 43.0 Å². The fourth-order valence-electron chi connectivity index (χ4n) is 2.02. The van der Waals surface area contributed by atoms with Crippen LogP contribution in [0.5, 0.6) is 5.75 Å². The van der Waals surface area contributed by atoms with E-state index in [2.05, 4.69) is 10.6 Å². The highest BCUT2D eigenvalue weighted by molar-refractivity contribution is 7.99. The molecule has 8 heteroatoms. The van der Waals surface area contributed by atoms with Crippen LogP contribution in [0, 0.1) is 0 Å². The zero-order valence-electron chi connectivity index (χ0n) is 11.9. The summed E-state index contributed by atoms with van der Waals surface area (Å²) >= 11 is 1.82. The lowest BCUT2D eigenvalue weighted by Gasteiger charge is -2.22. The number of anilines is 1. The van der Waals surface area contributed by atoms with Crippen molar-refractivity contribution in [1.82, 2.24) is 5.32 Å². The van der Waals surface area contributed by atoms with Gasteiger partial charge < -0.3 is 15.4 Å². The van der Waals surface area contributed by atoms with Gasteiger partial charge in [0.05, 0.1) is 5.69 Å². The van der Waals surface area contributed by atoms with Gasteiger partial charge in [-0.25, -0.2) is 8.78 Å². The average Bonchev–Trinajstić information content (AvgIpc) is 2.47. The molecular formula is C14H19ClF2N2O2S. The molecule has 22 heavy (non-hydrogen) atoms. The lowest BCUT2D eigenvalue weighted by Crippen LogP contribution is -2.39. The standard InChI is InChI=1S/C14H18F2N2O2S.ClH/c15-13(16)8-20-12-4-2-1-3-11(12)18-14(19)7-10-9-21-6-5-17-10;/h1-4,10,13,17H,5-9H2,(H,18,19);1H. The molecule has 0 saturated carbocycles. The SMILES string of the molecule is Cl.O=C(CC1CSCCN1)Nc1ccccc1OCC(F)F. The van der Waals surface area contributed by atoms with Crippen LogP contribution in [0.15, 0.2) is 24.3 Å². The molecule has 1 aliphatic heterocycles. The summed E-state index contributed by atoms with van der Waals surface area (Å²) in [5, 5.41) is 6.00. The Morgan fingerprint density at radius 3 is 2.91 bits per heavy atom. The second-order valence-corrected chi connectivity index (χ2v) is 5.83. The van der Waals surface area contributed by atoms with Gasteiger partial charge in [0, 0.05) is 30.5 Å². The smallest absolute Gasteiger partial charge is 0.272 e. The van der Waals surface area contributed by atoms with Crippen molar-refractivity contribution < 1.29 is 18.3 Å². The third-order valence-electron chi connectivity index (χ3n) is 2.96. The van der Waals surface area contributed by atoms with E-state index >= 15 is 0 Å². The Kier molecular flexibility index (Phi) is 8.52. The summed E-state index contributed by atoms with van der Waals surface area (Å²) in [7, 11) is 0. The zero-order chi connectivity index (χ0) is 15.1. The number of carbonyl (C=O) groups excluding carboxylic acids is 1. The van der Waals surface area contributed by atoms with E-state index in [1.165, 1.54) is 0 Å². The molecule has 0 aromatic heterocycles. The number of amides is 1. The van der Waals surface area contributed by atoms with E-state index in [-0.39, 0.29) is 30.1 Å². The van der Waals surface area contributed by atoms with Crippen molar-refractivity contribution in [2.75, 3.05) is 30.0 Å². The molecule has 1 aromatic rings. The van der Waals surface area contributed by atoms with Gasteiger partial charge >= 0.3 is 0 Å². The van der Waals surface area contributed by atoms with Gasteiger partial charge in [0.2, 0.25) is 5.91 Å². The largest absolute Gasteiger partial charge is 0.485 e. The fourth-order valence-corrected chi connectivity index (χ4v) is 2.97. The summed E-state index contributed by atoms with van der Waals surface area (Å²) in [6.45, 7) is 0.213. The molecule has 2 rings (SSSR count). The van der Waals surface area contributed by atoms with Crippen LogP contribution in [0.1, 0.15) is 6.42 Å². The quantitative estimate of drug-likeness (QED) is 0.826. The van der Waals surface area contributed by atoms with Crippen molar-refractivity contribution in [3.8, 4) is 5.75 Å². The molecule has 1 aliphatic rings. The molecule has 124 valence electrons. The molecule has 0 bridgehead atoms. The van der Waals surface area contributed by atoms with Gasteiger partial charge in [0.15, 0.2) is 0 Å². The maximum absolute atomic E-state index is 12.2. The second kappa shape index (κ2) is 9.86. The highest BCUT2D eigenvalue weighted by Gasteiger charge is 2.17.